The Balaban J connectivity index is 2.12. The number of rotatable bonds is 7. The van der Waals surface area contributed by atoms with Crippen molar-refractivity contribution in [2.45, 2.75) is 26.6 Å². The summed E-state index contributed by atoms with van der Waals surface area (Å²) in [4.78, 5) is 12.3. The number of benzene rings is 2. The summed E-state index contributed by atoms with van der Waals surface area (Å²) in [6.07, 6.45) is 0.847. The first kappa shape index (κ1) is 16.0. The van der Waals surface area contributed by atoms with E-state index in [-0.39, 0.29) is 13.2 Å². The van der Waals surface area contributed by atoms with Gasteiger partial charge in [-0.1, -0.05) is 43.3 Å². The SMILES string of the molecule is CCCOc1ccc(CO)cc1C(=O)OCc1ccccc1. The molecule has 0 unspecified atom stereocenters. The van der Waals surface area contributed by atoms with Crippen molar-refractivity contribution in [2.75, 3.05) is 6.61 Å². The van der Waals surface area contributed by atoms with E-state index in [9.17, 15) is 9.90 Å². The second-order valence-electron chi connectivity index (χ2n) is 4.90. The van der Waals surface area contributed by atoms with Crippen molar-refractivity contribution in [2.24, 2.45) is 0 Å². The van der Waals surface area contributed by atoms with Crippen LogP contribution >= 0.6 is 0 Å². The third-order valence-corrected chi connectivity index (χ3v) is 3.12. The van der Waals surface area contributed by atoms with Gasteiger partial charge in [-0.3, -0.25) is 0 Å². The van der Waals surface area contributed by atoms with Crippen LogP contribution in [0.2, 0.25) is 0 Å². The van der Waals surface area contributed by atoms with Gasteiger partial charge in [-0.05, 0) is 29.7 Å². The topological polar surface area (TPSA) is 55.8 Å². The monoisotopic (exact) mass is 300 g/mol. The highest BCUT2D eigenvalue weighted by atomic mass is 16.5. The summed E-state index contributed by atoms with van der Waals surface area (Å²) >= 11 is 0. The molecule has 4 nitrogen and oxygen atoms in total. The summed E-state index contributed by atoms with van der Waals surface area (Å²) in [6, 6.07) is 14.5. The van der Waals surface area contributed by atoms with Gasteiger partial charge in [0, 0.05) is 0 Å². The van der Waals surface area contributed by atoms with Crippen LogP contribution in [0.1, 0.15) is 34.8 Å². The molecule has 1 N–H and O–H groups in total. The summed E-state index contributed by atoms with van der Waals surface area (Å²) in [7, 11) is 0. The van der Waals surface area contributed by atoms with Gasteiger partial charge in [0.25, 0.3) is 0 Å². The molecule has 0 bridgehead atoms. The van der Waals surface area contributed by atoms with Crippen LogP contribution in [-0.2, 0) is 18.0 Å². The second-order valence-corrected chi connectivity index (χ2v) is 4.90. The minimum absolute atomic E-state index is 0.132. The fourth-order valence-electron chi connectivity index (χ4n) is 1.97. The molecular formula is C18H20O4. The molecule has 0 spiro atoms. The molecule has 2 rings (SSSR count). The van der Waals surface area contributed by atoms with Crippen molar-refractivity contribution in [1.82, 2.24) is 0 Å². The zero-order valence-electron chi connectivity index (χ0n) is 12.6. The minimum Gasteiger partial charge on any atom is -0.493 e. The zero-order valence-corrected chi connectivity index (χ0v) is 12.6. The first-order chi connectivity index (χ1) is 10.7. The predicted octanol–water partition coefficient (Wildman–Crippen LogP) is 3.32. The van der Waals surface area contributed by atoms with E-state index in [1.54, 1.807) is 18.2 Å². The highest BCUT2D eigenvalue weighted by molar-refractivity contribution is 5.92. The molecule has 22 heavy (non-hydrogen) atoms. The predicted molar refractivity (Wildman–Crippen MR) is 83.7 cm³/mol. The van der Waals surface area contributed by atoms with Gasteiger partial charge in [-0.2, -0.15) is 0 Å². The van der Waals surface area contributed by atoms with E-state index in [1.165, 1.54) is 0 Å². The van der Waals surface area contributed by atoms with Crippen molar-refractivity contribution in [3.63, 3.8) is 0 Å². The molecular weight excluding hydrogens is 280 g/mol. The maximum Gasteiger partial charge on any atom is 0.342 e. The van der Waals surface area contributed by atoms with Gasteiger partial charge in [0.05, 0.1) is 13.2 Å². The standard InChI is InChI=1S/C18H20O4/c1-2-10-21-17-9-8-15(12-19)11-16(17)18(20)22-13-14-6-4-3-5-7-14/h3-9,11,19H,2,10,12-13H2,1H3. The van der Waals surface area contributed by atoms with Crippen molar-refractivity contribution in [3.8, 4) is 5.75 Å². The zero-order chi connectivity index (χ0) is 15.8. The van der Waals surface area contributed by atoms with Gasteiger partial charge in [0.2, 0.25) is 0 Å². The highest BCUT2D eigenvalue weighted by Crippen LogP contribution is 2.22. The molecule has 0 amide bonds. The molecule has 0 saturated heterocycles. The molecule has 0 fully saturated rings. The van der Waals surface area contributed by atoms with Crippen molar-refractivity contribution in [1.29, 1.82) is 0 Å². The Morgan fingerprint density at radius 1 is 1.09 bits per heavy atom. The molecule has 0 aliphatic carbocycles. The number of hydrogen-bond donors (Lipinski definition) is 1. The van der Waals surface area contributed by atoms with Crippen LogP contribution < -0.4 is 4.74 Å². The molecule has 0 saturated carbocycles. The number of aliphatic hydroxyl groups is 1. The molecule has 0 radical (unpaired) electrons. The summed E-state index contributed by atoms with van der Waals surface area (Å²) < 4.78 is 10.9. The molecule has 2 aromatic carbocycles. The quantitative estimate of drug-likeness (QED) is 0.797. The summed E-state index contributed by atoms with van der Waals surface area (Å²) in [5.41, 5.74) is 1.91. The average molecular weight is 300 g/mol. The maximum absolute atomic E-state index is 12.3. The van der Waals surface area contributed by atoms with Gasteiger partial charge in [-0.15, -0.1) is 0 Å². The Morgan fingerprint density at radius 3 is 2.55 bits per heavy atom. The molecule has 2 aromatic rings. The van der Waals surface area contributed by atoms with E-state index < -0.39 is 5.97 Å². The normalized spacial score (nSPS) is 10.3. The first-order valence-corrected chi connectivity index (χ1v) is 7.32. The lowest BCUT2D eigenvalue weighted by Gasteiger charge is -2.12. The maximum atomic E-state index is 12.3. The number of aliphatic hydroxyl groups excluding tert-OH is 1. The highest BCUT2D eigenvalue weighted by Gasteiger charge is 2.15. The van der Waals surface area contributed by atoms with Crippen LogP contribution in [0.25, 0.3) is 0 Å². The van der Waals surface area contributed by atoms with Crippen molar-refractivity contribution < 1.29 is 19.4 Å². The third-order valence-electron chi connectivity index (χ3n) is 3.12. The van der Waals surface area contributed by atoms with Crippen LogP contribution in [0.15, 0.2) is 48.5 Å². The number of esters is 1. The summed E-state index contributed by atoms with van der Waals surface area (Å²) in [5, 5.41) is 9.23. The van der Waals surface area contributed by atoms with Gasteiger partial charge in [-0.25, -0.2) is 4.79 Å². The molecule has 0 heterocycles. The number of carbonyl (C=O) groups is 1. The van der Waals surface area contributed by atoms with Gasteiger partial charge in [0.15, 0.2) is 0 Å². The van der Waals surface area contributed by atoms with E-state index in [2.05, 4.69) is 0 Å². The molecule has 4 heteroatoms. The Morgan fingerprint density at radius 2 is 1.86 bits per heavy atom. The van der Waals surface area contributed by atoms with Crippen LogP contribution in [0.5, 0.6) is 5.75 Å². The lowest BCUT2D eigenvalue weighted by atomic mass is 10.1. The van der Waals surface area contributed by atoms with E-state index in [4.69, 9.17) is 9.47 Å². The molecule has 0 aromatic heterocycles. The van der Waals surface area contributed by atoms with Crippen LogP contribution in [0, 0.1) is 0 Å². The largest absolute Gasteiger partial charge is 0.493 e. The second kappa shape index (κ2) is 8.20. The smallest absolute Gasteiger partial charge is 0.342 e. The molecule has 0 aliphatic heterocycles. The van der Waals surface area contributed by atoms with E-state index >= 15 is 0 Å². The summed E-state index contributed by atoms with van der Waals surface area (Å²) in [5.74, 6) is 0.0300. The van der Waals surface area contributed by atoms with Crippen LogP contribution in [0.4, 0.5) is 0 Å². The van der Waals surface area contributed by atoms with Gasteiger partial charge >= 0.3 is 5.97 Å². The lowest BCUT2D eigenvalue weighted by Crippen LogP contribution is -2.09. The van der Waals surface area contributed by atoms with Crippen LogP contribution in [0.3, 0.4) is 0 Å². The van der Waals surface area contributed by atoms with E-state index in [0.717, 1.165) is 12.0 Å². The first-order valence-electron chi connectivity index (χ1n) is 7.32. The van der Waals surface area contributed by atoms with Gasteiger partial charge < -0.3 is 14.6 Å². The fourth-order valence-corrected chi connectivity index (χ4v) is 1.97. The minimum atomic E-state index is -0.453. The van der Waals surface area contributed by atoms with Crippen molar-refractivity contribution >= 4 is 5.97 Å². The Kier molecular flexibility index (Phi) is 5.98. The van der Waals surface area contributed by atoms with Crippen molar-refractivity contribution in [3.05, 3.63) is 65.2 Å². The van der Waals surface area contributed by atoms with E-state index in [0.29, 0.717) is 23.5 Å². The summed E-state index contributed by atoms with van der Waals surface area (Å²) in [6.45, 7) is 2.59. The van der Waals surface area contributed by atoms with Gasteiger partial charge in [0.1, 0.15) is 17.9 Å². The average Bonchev–Trinajstić information content (AvgIpc) is 2.58. The molecule has 0 aliphatic rings. The third kappa shape index (κ3) is 4.33. The Labute approximate surface area is 130 Å². The Hall–Kier alpha value is -2.33. The fraction of sp³-hybridized carbons (Fsp3) is 0.278. The lowest BCUT2D eigenvalue weighted by molar-refractivity contribution is 0.0468. The van der Waals surface area contributed by atoms with E-state index in [1.807, 2.05) is 37.3 Å². The molecule has 116 valence electrons. The number of carbonyl (C=O) groups excluding carboxylic acids is 1. The number of ether oxygens (including phenoxy) is 2. The van der Waals surface area contributed by atoms with Crippen LogP contribution in [-0.4, -0.2) is 17.7 Å². The number of hydrogen-bond acceptors (Lipinski definition) is 4. The Bertz CT molecular complexity index is 608. The molecule has 0 atom stereocenters.